The number of anilines is 1. The first-order valence-electron chi connectivity index (χ1n) is 5.79. The molecule has 0 aliphatic carbocycles. The predicted octanol–water partition coefficient (Wildman–Crippen LogP) is 1.81. The number of guanidine groups is 1. The van der Waals surface area contributed by atoms with E-state index in [1.54, 1.807) is 23.6 Å². The maximum absolute atomic E-state index is 11.5. The van der Waals surface area contributed by atoms with Crippen LogP contribution in [0.2, 0.25) is 10.0 Å². The molecule has 0 amide bonds. The monoisotopic (exact) mass is 302 g/mol. The summed E-state index contributed by atoms with van der Waals surface area (Å²) in [5, 5.41) is 3.93. The van der Waals surface area contributed by atoms with Crippen LogP contribution in [0.1, 0.15) is 12.5 Å². The van der Waals surface area contributed by atoms with E-state index in [9.17, 15) is 4.79 Å². The fraction of sp³-hybridized carbons (Fsp3) is 0.333. The highest BCUT2D eigenvalue weighted by atomic mass is 35.5. The molecule has 7 heteroatoms. The highest BCUT2D eigenvalue weighted by Crippen LogP contribution is 2.33. The summed E-state index contributed by atoms with van der Waals surface area (Å²) in [5.74, 6) is 0.0489. The van der Waals surface area contributed by atoms with Crippen LogP contribution in [-0.4, -0.2) is 29.7 Å². The molecule has 0 fully saturated rings. The average molecular weight is 303 g/mol. The number of nitrogens with zero attached hydrogens (tertiary/aromatic N) is 1. The lowest BCUT2D eigenvalue weighted by Crippen LogP contribution is -2.41. The van der Waals surface area contributed by atoms with Gasteiger partial charge < -0.3 is 4.74 Å². The normalized spacial score (nSPS) is 13.8. The van der Waals surface area contributed by atoms with E-state index in [2.05, 4.69) is 5.32 Å². The molecule has 0 unspecified atom stereocenters. The molecule has 0 saturated heterocycles. The number of ether oxygens (including phenoxy) is 1. The molecule has 1 heterocycles. The van der Waals surface area contributed by atoms with Gasteiger partial charge in [-0.15, -0.1) is 0 Å². The van der Waals surface area contributed by atoms with E-state index in [4.69, 9.17) is 33.7 Å². The zero-order chi connectivity index (χ0) is 14.0. The lowest BCUT2D eigenvalue weighted by atomic mass is 10.1. The first-order valence-corrected chi connectivity index (χ1v) is 6.55. The van der Waals surface area contributed by atoms with E-state index in [-0.39, 0.29) is 12.5 Å². The van der Waals surface area contributed by atoms with Crippen LogP contribution in [0.3, 0.4) is 0 Å². The van der Waals surface area contributed by atoms with Crippen molar-refractivity contribution in [3.8, 4) is 0 Å². The summed E-state index contributed by atoms with van der Waals surface area (Å²) < 4.78 is 6.55. The Morgan fingerprint density at radius 2 is 2.26 bits per heavy atom. The van der Waals surface area contributed by atoms with Crippen LogP contribution in [-0.2, 0) is 16.1 Å². The third kappa shape index (κ3) is 2.93. The summed E-state index contributed by atoms with van der Waals surface area (Å²) in [6.45, 7) is 2.57. The summed E-state index contributed by atoms with van der Waals surface area (Å²) in [7, 11) is 0. The van der Waals surface area contributed by atoms with Crippen molar-refractivity contribution >= 4 is 40.8 Å². The van der Waals surface area contributed by atoms with Gasteiger partial charge in [-0.05, 0) is 19.1 Å². The highest BCUT2D eigenvalue weighted by molar-refractivity contribution is 6.42. The minimum atomic E-state index is -0.339. The number of nitrogens with two attached hydrogens (primary N) is 1. The Hall–Kier alpha value is -1.46. The molecule has 5 nitrogen and oxygen atoms in total. The Morgan fingerprint density at radius 3 is 2.95 bits per heavy atom. The minimum Gasteiger partial charge on any atom is -0.464 e. The third-order valence-electron chi connectivity index (χ3n) is 2.77. The zero-order valence-electron chi connectivity index (χ0n) is 10.4. The summed E-state index contributed by atoms with van der Waals surface area (Å²) in [6, 6.07) is 3.50. The van der Waals surface area contributed by atoms with Gasteiger partial charge in [-0.25, -0.2) is 14.7 Å². The van der Waals surface area contributed by atoms with Gasteiger partial charge in [0, 0.05) is 5.56 Å². The number of fused-ring (bicyclic) bond motifs is 1. The summed E-state index contributed by atoms with van der Waals surface area (Å²) in [4.78, 5) is 11.5. The van der Waals surface area contributed by atoms with Crippen molar-refractivity contribution in [2.24, 2.45) is 5.73 Å². The van der Waals surface area contributed by atoms with Crippen LogP contribution in [0.5, 0.6) is 0 Å². The van der Waals surface area contributed by atoms with Crippen LogP contribution >= 0.6 is 23.2 Å². The van der Waals surface area contributed by atoms with E-state index in [1.807, 2.05) is 0 Å². The topological polar surface area (TPSA) is 67.4 Å². The maximum atomic E-state index is 11.5. The van der Waals surface area contributed by atoms with E-state index >= 15 is 0 Å². The van der Waals surface area contributed by atoms with Crippen molar-refractivity contribution in [3.05, 3.63) is 27.7 Å². The molecule has 0 bridgehead atoms. The average Bonchev–Trinajstić information content (AvgIpc) is 2.36. The van der Waals surface area contributed by atoms with Gasteiger partial charge in [0.15, 0.2) is 6.54 Å². The summed E-state index contributed by atoms with van der Waals surface area (Å²) in [5.41, 5.74) is 7.48. The molecule has 0 aromatic heterocycles. The van der Waals surface area contributed by atoms with E-state index < -0.39 is 0 Å². The van der Waals surface area contributed by atoms with Gasteiger partial charge in [-0.3, -0.25) is 5.73 Å². The van der Waals surface area contributed by atoms with Crippen LogP contribution in [0.4, 0.5) is 5.69 Å². The predicted molar refractivity (Wildman–Crippen MR) is 74.7 cm³/mol. The second kappa shape index (κ2) is 5.67. The number of hydrogen-bond donors (Lipinski definition) is 2. The second-order valence-electron chi connectivity index (χ2n) is 4.06. The van der Waals surface area contributed by atoms with Crippen molar-refractivity contribution in [2.45, 2.75) is 13.5 Å². The Bertz CT molecular complexity index is 558. The van der Waals surface area contributed by atoms with Gasteiger partial charge in [0.05, 0.1) is 23.2 Å². The Balaban J connectivity index is 2.24. The molecule has 3 N–H and O–H groups in total. The lowest BCUT2D eigenvalue weighted by Gasteiger charge is -2.19. The SMILES string of the molecule is CCOC(=O)C[N+]1=C(N)Nc2ccc(Cl)c(Cl)c2C1. The number of carbonyl (C=O) groups is 1. The molecule has 1 aliphatic heterocycles. The van der Waals surface area contributed by atoms with Gasteiger partial charge in [0.1, 0.15) is 5.69 Å². The molecule has 0 saturated carbocycles. The number of nitrogens with one attached hydrogen (secondary N) is 1. The largest absolute Gasteiger partial charge is 0.464 e. The fourth-order valence-electron chi connectivity index (χ4n) is 1.86. The molecule has 0 radical (unpaired) electrons. The Labute approximate surface area is 120 Å². The van der Waals surface area contributed by atoms with Gasteiger partial charge in [-0.2, -0.15) is 0 Å². The maximum Gasteiger partial charge on any atom is 0.349 e. The van der Waals surface area contributed by atoms with Crippen LogP contribution < -0.4 is 11.1 Å². The fourth-order valence-corrected chi connectivity index (χ4v) is 2.26. The number of halogens is 2. The van der Waals surface area contributed by atoms with E-state index in [1.165, 1.54) is 0 Å². The molecule has 102 valence electrons. The molecule has 1 aromatic rings. The van der Waals surface area contributed by atoms with Crippen LogP contribution in [0, 0.1) is 0 Å². The number of benzene rings is 1. The Morgan fingerprint density at radius 1 is 1.53 bits per heavy atom. The molecule has 2 rings (SSSR count). The number of esters is 1. The van der Waals surface area contributed by atoms with Crippen molar-refractivity contribution < 1.29 is 14.1 Å². The second-order valence-corrected chi connectivity index (χ2v) is 4.84. The summed E-state index contributed by atoms with van der Waals surface area (Å²) >= 11 is 12.1. The van der Waals surface area contributed by atoms with Gasteiger partial charge in [0.25, 0.3) is 0 Å². The highest BCUT2D eigenvalue weighted by Gasteiger charge is 2.25. The molecule has 0 spiro atoms. The number of carbonyl (C=O) groups excluding carboxylic acids is 1. The molecule has 1 aromatic carbocycles. The number of rotatable bonds is 3. The zero-order valence-corrected chi connectivity index (χ0v) is 11.9. The van der Waals surface area contributed by atoms with Crippen molar-refractivity contribution in [1.29, 1.82) is 0 Å². The first kappa shape index (κ1) is 14.0. The quantitative estimate of drug-likeness (QED) is 0.660. The molecule has 0 atom stereocenters. The van der Waals surface area contributed by atoms with E-state index in [0.29, 0.717) is 29.2 Å². The van der Waals surface area contributed by atoms with Crippen LogP contribution in [0.25, 0.3) is 0 Å². The number of hydrogen-bond acceptors (Lipinski definition) is 4. The van der Waals surface area contributed by atoms with Crippen molar-refractivity contribution in [3.63, 3.8) is 0 Å². The van der Waals surface area contributed by atoms with Gasteiger partial charge in [0.2, 0.25) is 0 Å². The smallest absolute Gasteiger partial charge is 0.349 e. The standard InChI is InChI=1S/C12H13Cl2N3O2/c1-2-19-10(18)6-17-5-7-9(16-12(17)15)4-3-8(13)11(7)14/h3-4H,2,5-6H2,1H3,(H2,15,16)/p+1. The van der Waals surface area contributed by atoms with Gasteiger partial charge in [-0.1, -0.05) is 23.2 Å². The molecule has 1 aliphatic rings. The summed E-state index contributed by atoms with van der Waals surface area (Å²) in [6.07, 6.45) is 0. The molecular formula is C12H14Cl2N3O2+. The minimum absolute atomic E-state index is 0.0644. The molecule has 19 heavy (non-hydrogen) atoms. The first-order chi connectivity index (χ1) is 9.02. The van der Waals surface area contributed by atoms with Crippen molar-refractivity contribution in [2.75, 3.05) is 18.5 Å². The third-order valence-corrected chi connectivity index (χ3v) is 3.62. The van der Waals surface area contributed by atoms with Crippen LogP contribution in [0.15, 0.2) is 12.1 Å². The lowest BCUT2D eigenvalue weighted by molar-refractivity contribution is -0.536. The van der Waals surface area contributed by atoms with Gasteiger partial charge >= 0.3 is 11.9 Å². The van der Waals surface area contributed by atoms with Crippen molar-refractivity contribution in [1.82, 2.24) is 0 Å². The Kier molecular flexibility index (Phi) is 4.17. The van der Waals surface area contributed by atoms with E-state index in [0.717, 1.165) is 11.3 Å². The molecular weight excluding hydrogens is 289 g/mol.